The van der Waals surface area contributed by atoms with E-state index in [-0.39, 0.29) is 0 Å². The average Bonchev–Trinajstić information content (AvgIpc) is 2.71. The van der Waals surface area contributed by atoms with Gasteiger partial charge in [-0.2, -0.15) is 0 Å². The summed E-state index contributed by atoms with van der Waals surface area (Å²) in [6, 6.07) is 0.813. The van der Waals surface area contributed by atoms with Crippen LogP contribution in [-0.4, -0.2) is 92.9 Å². The highest BCUT2D eigenvalue weighted by atomic mass is 28.4. The van der Waals surface area contributed by atoms with E-state index >= 15 is 0 Å². The van der Waals surface area contributed by atoms with Gasteiger partial charge in [0, 0.05) is 53.7 Å². The predicted molar refractivity (Wildman–Crippen MR) is 119 cm³/mol. The lowest BCUT2D eigenvalue weighted by molar-refractivity contribution is 0.123. The van der Waals surface area contributed by atoms with E-state index in [2.05, 4.69) is 31.0 Å². The van der Waals surface area contributed by atoms with Gasteiger partial charge in [0.05, 0.1) is 14.8 Å². The summed E-state index contributed by atoms with van der Waals surface area (Å²) in [7, 11) is 1.77. The summed E-state index contributed by atoms with van der Waals surface area (Å²) >= 11 is 0. The lowest BCUT2D eigenvalue weighted by atomic mass is 10.5. The second kappa shape index (κ2) is 16.7. The highest BCUT2D eigenvalue weighted by Gasteiger charge is 2.36. The third-order valence-electron chi connectivity index (χ3n) is 4.43. The number of rotatable bonds is 18. The summed E-state index contributed by atoms with van der Waals surface area (Å²) in [5.41, 5.74) is 0. The Labute approximate surface area is 178 Å². The lowest BCUT2D eigenvalue weighted by Crippen LogP contribution is -2.43. The van der Waals surface area contributed by atoms with Crippen LogP contribution in [0, 0.1) is 0 Å². The molecule has 0 aromatic carbocycles. The van der Waals surface area contributed by atoms with Crippen molar-refractivity contribution in [2.75, 3.05) is 60.3 Å². The molecule has 0 aliphatic rings. The van der Waals surface area contributed by atoms with E-state index in [1.807, 2.05) is 13.8 Å². The molecule has 0 saturated heterocycles. The van der Waals surface area contributed by atoms with Gasteiger partial charge in [0.15, 0.2) is 0 Å². The van der Waals surface area contributed by atoms with Crippen LogP contribution in [0.2, 0.25) is 6.04 Å². The highest BCUT2D eigenvalue weighted by Crippen LogP contribution is 2.16. The predicted octanol–water partition coefficient (Wildman–Crippen LogP) is 2.18. The summed E-state index contributed by atoms with van der Waals surface area (Å²) in [6.07, 6.45) is 1.91. The van der Waals surface area contributed by atoms with E-state index in [1.54, 1.807) is 21.3 Å². The molecule has 7 nitrogen and oxygen atoms in total. The molecule has 0 fully saturated rings. The number of hydrogen-bond acceptors (Lipinski definition) is 7. The van der Waals surface area contributed by atoms with Gasteiger partial charge in [-0.15, -0.1) is 0 Å². The molecule has 28 heavy (non-hydrogen) atoms. The standard InChI is InChI=1S/C18H41N2O5Si3/c1-9-20(10-2)18(27(24-11-3)25-12-4)17(5)26-16-19-14-13-15-28(21-6,22-7)23-8/h19H,9-16H2,1-8H3. The first kappa shape index (κ1) is 28.0. The van der Waals surface area contributed by atoms with Gasteiger partial charge in [-0.05, 0) is 53.8 Å². The molecular weight excluding hydrogens is 408 g/mol. The molecule has 0 bridgehead atoms. The molecule has 0 aromatic rings. The minimum absolute atomic E-state index is 0.678. The Kier molecular flexibility index (Phi) is 16.7. The van der Waals surface area contributed by atoms with E-state index in [1.165, 1.54) is 10.5 Å². The summed E-state index contributed by atoms with van der Waals surface area (Å²) in [5.74, 6) is 0. The molecule has 0 aliphatic carbocycles. The maximum atomic E-state index is 6.00. The zero-order valence-electron chi connectivity index (χ0n) is 19.1. The first-order chi connectivity index (χ1) is 13.5. The molecule has 0 saturated carbocycles. The fourth-order valence-corrected chi connectivity index (χ4v) is 7.80. The molecule has 0 amide bonds. The first-order valence-corrected chi connectivity index (χ1v) is 14.6. The fraction of sp³-hybridized carbons (Fsp3) is 0.889. The Hall–Kier alpha value is -0.0494. The molecule has 165 valence electrons. The molecule has 0 atom stereocenters. The van der Waals surface area contributed by atoms with Gasteiger partial charge in [-0.3, -0.25) is 0 Å². The van der Waals surface area contributed by atoms with Crippen molar-refractivity contribution in [1.29, 1.82) is 0 Å². The zero-order valence-corrected chi connectivity index (χ0v) is 22.1. The summed E-state index contributed by atoms with van der Waals surface area (Å²) in [4.78, 5) is 2.39. The quantitative estimate of drug-likeness (QED) is 0.254. The van der Waals surface area contributed by atoms with Crippen LogP contribution < -0.4 is 5.32 Å². The van der Waals surface area contributed by atoms with Crippen LogP contribution in [0.5, 0.6) is 0 Å². The number of nitrogens with one attached hydrogen (secondary N) is 1. The minimum Gasteiger partial charge on any atom is -0.389 e. The van der Waals surface area contributed by atoms with Gasteiger partial charge in [-0.1, -0.05) is 5.20 Å². The second-order valence-electron chi connectivity index (χ2n) is 6.05. The van der Waals surface area contributed by atoms with Crippen molar-refractivity contribution >= 4 is 27.6 Å². The third kappa shape index (κ3) is 9.63. The molecule has 0 spiro atoms. The van der Waals surface area contributed by atoms with Gasteiger partial charge in [0.1, 0.15) is 0 Å². The maximum Gasteiger partial charge on any atom is 0.500 e. The molecule has 3 radical (unpaired) electrons. The van der Waals surface area contributed by atoms with Gasteiger partial charge in [0.2, 0.25) is 0 Å². The summed E-state index contributed by atoms with van der Waals surface area (Å²) < 4.78 is 28.4. The Morgan fingerprint density at radius 1 is 0.964 bits per heavy atom. The lowest BCUT2D eigenvalue weighted by Gasteiger charge is -2.30. The first-order valence-electron chi connectivity index (χ1n) is 10.2. The zero-order chi connectivity index (χ0) is 21.4. The Morgan fingerprint density at radius 2 is 1.50 bits per heavy atom. The van der Waals surface area contributed by atoms with Crippen molar-refractivity contribution in [2.24, 2.45) is 0 Å². The molecule has 0 aromatic heterocycles. The largest absolute Gasteiger partial charge is 0.500 e. The van der Waals surface area contributed by atoms with Gasteiger partial charge < -0.3 is 32.3 Å². The van der Waals surface area contributed by atoms with E-state index in [4.69, 9.17) is 22.1 Å². The SMILES string of the molecule is CCO[Si](OCC)C(=C(C)[Si]CNCCC[Si](OC)(OC)OC)N(CC)CC. The van der Waals surface area contributed by atoms with Crippen LogP contribution >= 0.6 is 0 Å². The third-order valence-corrected chi connectivity index (χ3v) is 10.9. The molecule has 1 N–H and O–H groups in total. The Balaban J connectivity index is 4.78. The monoisotopic (exact) mass is 449 g/mol. The molecule has 0 unspecified atom stereocenters. The van der Waals surface area contributed by atoms with Crippen LogP contribution in [0.1, 0.15) is 41.0 Å². The molecule has 0 rings (SSSR count). The van der Waals surface area contributed by atoms with Crippen LogP contribution in [0.4, 0.5) is 0 Å². The van der Waals surface area contributed by atoms with Crippen LogP contribution in [0.3, 0.4) is 0 Å². The smallest absolute Gasteiger partial charge is 0.389 e. The van der Waals surface area contributed by atoms with E-state index in [0.29, 0.717) is 22.7 Å². The van der Waals surface area contributed by atoms with Gasteiger partial charge in [0.25, 0.3) is 0 Å². The van der Waals surface area contributed by atoms with Crippen molar-refractivity contribution in [3.05, 3.63) is 10.5 Å². The molecule has 0 aliphatic heterocycles. The van der Waals surface area contributed by atoms with E-state index in [9.17, 15) is 0 Å². The summed E-state index contributed by atoms with van der Waals surface area (Å²) in [6.45, 7) is 14.9. The molecule has 10 heteroatoms. The second-order valence-corrected chi connectivity index (χ2v) is 12.2. The Morgan fingerprint density at radius 3 is 1.93 bits per heavy atom. The van der Waals surface area contributed by atoms with Gasteiger partial charge in [-0.25, -0.2) is 0 Å². The summed E-state index contributed by atoms with van der Waals surface area (Å²) in [5, 5.41) is 6.20. The minimum atomic E-state index is -2.46. The average molecular weight is 450 g/mol. The van der Waals surface area contributed by atoms with Crippen LogP contribution in [0.25, 0.3) is 0 Å². The van der Waals surface area contributed by atoms with E-state index in [0.717, 1.165) is 38.3 Å². The van der Waals surface area contributed by atoms with Crippen LogP contribution in [-0.2, 0) is 22.1 Å². The highest BCUT2D eigenvalue weighted by molar-refractivity contribution is 6.60. The van der Waals surface area contributed by atoms with Crippen molar-refractivity contribution in [3.8, 4) is 0 Å². The van der Waals surface area contributed by atoms with Crippen LogP contribution in [0.15, 0.2) is 10.5 Å². The maximum absolute atomic E-state index is 6.00. The fourth-order valence-electron chi connectivity index (χ4n) is 2.85. The number of allylic oxidation sites excluding steroid dienone is 1. The molecule has 0 heterocycles. The van der Waals surface area contributed by atoms with Crippen molar-refractivity contribution in [1.82, 2.24) is 10.2 Å². The Bertz CT molecular complexity index is 408. The van der Waals surface area contributed by atoms with Crippen molar-refractivity contribution in [2.45, 2.75) is 47.1 Å². The van der Waals surface area contributed by atoms with Crippen molar-refractivity contribution < 1.29 is 22.1 Å². The van der Waals surface area contributed by atoms with Crippen molar-refractivity contribution in [3.63, 3.8) is 0 Å². The molecular formula is C18H41N2O5Si3. The number of hydrogen-bond donors (Lipinski definition) is 1. The van der Waals surface area contributed by atoms with E-state index < -0.39 is 18.1 Å². The van der Waals surface area contributed by atoms with Gasteiger partial charge >= 0.3 is 18.1 Å². The normalized spacial score (nSPS) is 13.2. The topological polar surface area (TPSA) is 61.4 Å². The number of nitrogens with zero attached hydrogens (tertiary/aromatic N) is 1.